The second-order valence-electron chi connectivity index (χ2n) is 5.09. The predicted octanol–water partition coefficient (Wildman–Crippen LogP) is 0.742. The molecule has 120 valence electrons. The number of thiazole rings is 1. The number of sulfonamides is 1. The molecule has 0 radical (unpaired) electrons. The molecule has 1 saturated heterocycles. The molecule has 1 aromatic heterocycles. The number of nitrogens with one attached hydrogen (secondary N) is 2. The SMILES string of the molecule is CNC(C)c1csc(NS(=O)(=O)C2CCS(=O)(=O)CC2)n1. The largest absolute Gasteiger partial charge is 0.312 e. The van der Waals surface area contributed by atoms with Gasteiger partial charge in [0.15, 0.2) is 5.13 Å². The van der Waals surface area contributed by atoms with Crippen LogP contribution >= 0.6 is 11.3 Å². The molecule has 1 fully saturated rings. The summed E-state index contributed by atoms with van der Waals surface area (Å²) in [4.78, 5) is 4.24. The average molecular weight is 353 g/mol. The van der Waals surface area contributed by atoms with E-state index in [1.54, 1.807) is 12.4 Å². The molecule has 0 bridgehead atoms. The molecule has 0 amide bonds. The van der Waals surface area contributed by atoms with Gasteiger partial charge in [0.25, 0.3) is 0 Å². The number of rotatable bonds is 5. The first-order chi connectivity index (χ1) is 9.73. The molecule has 1 aromatic rings. The highest BCUT2D eigenvalue weighted by molar-refractivity contribution is 7.94. The standard InChI is InChI=1S/C11H19N3O4S3/c1-8(12-2)10-7-19-11(13-10)14-21(17,18)9-3-5-20(15,16)6-4-9/h7-9,12H,3-6H2,1-2H3,(H,13,14). The Kier molecular flexibility index (Phi) is 4.91. The Bertz CT molecular complexity index is 682. The molecule has 1 aliphatic rings. The first-order valence-electron chi connectivity index (χ1n) is 6.58. The van der Waals surface area contributed by atoms with Crippen LogP contribution in [0.2, 0.25) is 0 Å². The van der Waals surface area contributed by atoms with Gasteiger partial charge in [-0.1, -0.05) is 0 Å². The number of nitrogens with zero attached hydrogens (tertiary/aromatic N) is 1. The summed E-state index contributed by atoms with van der Waals surface area (Å²) >= 11 is 1.22. The zero-order chi connectivity index (χ0) is 15.7. The van der Waals surface area contributed by atoms with Crippen molar-refractivity contribution in [3.05, 3.63) is 11.1 Å². The number of aromatic nitrogens is 1. The summed E-state index contributed by atoms with van der Waals surface area (Å²) in [7, 11) is -4.86. The minimum Gasteiger partial charge on any atom is -0.312 e. The van der Waals surface area contributed by atoms with Crippen LogP contribution < -0.4 is 10.0 Å². The van der Waals surface area contributed by atoms with E-state index in [2.05, 4.69) is 15.0 Å². The monoisotopic (exact) mass is 353 g/mol. The lowest BCUT2D eigenvalue weighted by molar-refractivity contribution is 0.555. The molecular weight excluding hydrogens is 334 g/mol. The van der Waals surface area contributed by atoms with Crippen LogP contribution in [-0.2, 0) is 19.9 Å². The van der Waals surface area contributed by atoms with E-state index in [0.717, 1.165) is 5.69 Å². The van der Waals surface area contributed by atoms with Crippen LogP contribution in [0.4, 0.5) is 5.13 Å². The lowest BCUT2D eigenvalue weighted by atomic mass is 10.2. The molecule has 0 saturated carbocycles. The Morgan fingerprint density at radius 2 is 2.00 bits per heavy atom. The zero-order valence-corrected chi connectivity index (χ0v) is 14.3. The van der Waals surface area contributed by atoms with E-state index in [-0.39, 0.29) is 30.4 Å². The van der Waals surface area contributed by atoms with Gasteiger partial charge in [0.05, 0.1) is 22.4 Å². The second kappa shape index (κ2) is 6.19. The summed E-state index contributed by atoms with van der Waals surface area (Å²) in [5.41, 5.74) is 0.770. The smallest absolute Gasteiger partial charge is 0.237 e. The van der Waals surface area contributed by atoms with Crippen LogP contribution in [0.3, 0.4) is 0 Å². The Labute approximate surface area is 129 Å². The summed E-state index contributed by atoms with van der Waals surface area (Å²) < 4.78 is 49.7. The molecule has 2 rings (SSSR count). The molecule has 1 unspecified atom stereocenters. The van der Waals surface area contributed by atoms with E-state index in [1.165, 1.54) is 11.3 Å². The average Bonchev–Trinajstić information content (AvgIpc) is 2.85. The predicted molar refractivity (Wildman–Crippen MR) is 83.8 cm³/mol. The van der Waals surface area contributed by atoms with E-state index in [1.807, 2.05) is 6.92 Å². The van der Waals surface area contributed by atoms with Crippen molar-refractivity contribution in [2.24, 2.45) is 0 Å². The van der Waals surface area contributed by atoms with Crippen molar-refractivity contribution in [1.29, 1.82) is 0 Å². The van der Waals surface area contributed by atoms with Crippen LogP contribution in [0.1, 0.15) is 31.5 Å². The van der Waals surface area contributed by atoms with Crippen LogP contribution in [0, 0.1) is 0 Å². The molecule has 2 heterocycles. The summed E-state index contributed by atoms with van der Waals surface area (Å²) in [5.74, 6) is -0.142. The third-order valence-electron chi connectivity index (χ3n) is 3.57. The van der Waals surface area contributed by atoms with Gasteiger partial charge in [-0.3, -0.25) is 4.72 Å². The van der Waals surface area contributed by atoms with Gasteiger partial charge in [-0.25, -0.2) is 21.8 Å². The fourth-order valence-corrected chi connectivity index (χ4v) is 6.35. The summed E-state index contributed by atoms with van der Waals surface area (Å²) in [5, 5.41) is 4.47. The van der Waals surface area contributed by atoms with Gasteiger partial charge >= 0.3 is 0 Å². The summed E-state index contributed by atoms with van der Waals surface area (Å²) in [6, 6.07) is 0.0410. The van der Waals surface area contributed by atoms with Gasteiger partial charge in [-0.2, -0.15) is 0 Å². The van der Waals surface area contributed by atoms with Gasteiger partial charge in [0.1, 0.15) is 9.84 Å². The van der Waals surface area contributed by atoms with Crippen LogP contribution in [0.5, 0.6) is 0 Å². The normalized spacial score (nSPS) is 21.0. The zero-order valence-electron chi connectivity index (χ0n) is 11.9. The third-order valence-corrected chi connectivity index (χ3v) is 8.02. The van der Waals surface area contributed by atoms with Crippen molar-refractivity contribution in [1.82, 2.24) is 10.3 Å². The summed E-state index contributed by atoms with van der Waals surface area (Å²) in [6.45, 7) is 1.93. The molecular formula is C11H19N3O4S3. The first-order valence-corrected chi connectivity index (χ1v) is 10.8. The van der Waals surface area contributed by atoms with Gasteiger partial charge in [-0.15, -0.1) is 11.3 Å². The fraction of sp³-hybridized carbons (Fsp3) is 0.727. The quantitative estimate of drug-likeness (QED) is 0.809. The molecule has 0 spiro atoms. The van der Waals surface area contributed by atoms with Crippen molar-refractivity contribution in [2.75, 3.05) is 23.3 Å². The molecule has 10 heteroatoms. The number of anilines is 1. The first kappa shape index (κ1) is 16.7. The van der Waals surface area contributed by atoms with E-state index < -0.39 is 25.1 Å². The van der Waals surface area contributed by atoms with Crippen molar-refractivity contribution < 1.29 is 16.8 Å². The molecule has 0 aromatic carbocycles. The maximum Gasteiger partial charge on any atom is 0.237 e. The highest BCUT2D eigenvalue weighted by Crippen LogP contribution is 2.25. The highest BCUT2D eigenvalue weighted by atomic mass is 32.2. The Balaban J connectivity index is 2.06. The van der Waals surface area contributed by atoms with Crippen molar-refractivity contribution in [3.8, 4) is 0 Å². The molecule has 21 heavy (non-hydrogen) atoms. The van der Waals surface area contributed by atoms with E-state index >= 15 is 0 Å². The fourth-order valence-electron chi connectivity index (χ4n) is 2.06. The van der Waals surface area contributed by atoms with Gasteiger partial charge in [0, 0.05) is 11.4 Å². The minimum absolute atomic E-state index is 0.0410. The number of sulfone groups is 1. The maximum absolute atomic E-state index is 12.3. The van der Waals surface area contributed by atoms with E-state index in [9.17, 15) is 16.8 Å². The van der Waals surface area contributed by atoms with Gasteiger partial charge < -0.3 is 5.32 Å². The number of hydrogen-bond acceptors (Lipinski definition) is 7. The van der Waals surface area contributed by atoms with Crippen LogP contribution in [0.15, 0.2) is 5.38 Å². The molecule has 0 aliphatic carbocycles. The number of hydrogen-bond donors (Lipinski definition) is 2. The van der Waals surface area contributed by atoms with E-state index in [4.69, 9.17) is 0 Å². The van der Waals surface area contributed by atoms with Gasteiger partial charge in [-0.05, 0) is 26.8 Å². The van der Waals surface area contributed by atoms with Gasteiger partial charge in [0.2, 0.25) is 10.0 Å². The Morgan fingerprint density at radius 3 is 2.57 bits per heavy atom. The highest BCUT2D eigenvalue weighted by Gasteiger charge is 2.33. The second-order valence-corrected chi connectivity index (χ2v) is 10.2. The molecule has 2 N–H and O–H groups in total. The molecule has 7 nitrogen and oxygen atoms in total. The topological polar surface area (TPSA) is 105 Å². The lowest BCUT2D eigenvalue weighted by Gasteiger charge is -2.21. The van der Waals surface area contributed by atoms with Crippen LogP contribution in [0.25, 0.3) is 0 Å². The summed E-state index contributed by atoms with van der Waals surface area (Å²) in [6.07, 6.45) is 0.283. The van der Waals surface area contributed by atoms with Crippen molar-refractivity contribution in [2.45, 2.75) is 31.1 Å². The Morgan fingerprint density at radius 1 is 1.38 bits per heavy atom. The van der Waals surface area contributed by atoms with E-state index in [0.29, 0.717) is 5.13 Å². The maximum atomic E-state index is 12.3. The van der Waals surface area contributed by atoms with Crippen molar-refractivity contribution in [3.63, 3.8) is 0 Å². The van der Waals surface area contributed by atoms with Crippen LogP contribution in [-0.4, -0.2) is 45.6 Å². The Hall–Kier alpha value is -0.710. The van der Waals surface area contributed by atoms with Crippen molar-refractivity contribution >= 4 is 36.3 Å². The third kappa shape index (κ3) is 4.15. The minimum atomic E-state index is -3.59. The lowest BCUT2D eigenvalue weighted by Crippen LogP contribution is -2.36. The molecule has 1 aliphatic heterocycles. The molecule has 1 atom stereocenters.